The summed E-state index contributed by atoms with van der Waals surface area (Å²) in [6.45, 7) is 4.07. The van der Waals surface area contributed by atoms with Crippen LogP contribution < -0.4 is 11.1 Å². The minimum Gasteiger partial charge on any atom is -0.399 e. The van der Waals surface area contributed by atoms with Gasteiger partial charge in [0.15, 0.2) is 0 Å². The molecule has 0 aromatic heterocycles. The van der Waals surface area contributed by atoms with Crippen LogP contribution in [0.3, 0.4) is 0 Å². The fourth-order valence-corrected chi connectivity index (χ4v) is 2.42. The van der Waals surface area contributed by atoms with Gasteiger partial charge in [0.05, 0.1) is 0 Å². The lowest BCUT2D eigenvalue weighted by molar-refractivity contribution is -0.116. The van der Waals surface area contributed by atoms with Gasteiger partial charge in [0.2, 0.25) is 5.91 Å². The third-order valence-electron chi connectivity index (χ3n) is 3.73. The maximum Gasteiger partial charge on any atom is 0.224 e. The number of aryl methyl sites for hydroxylation is 1. The van der Waals surface area contributed by atoms with Crippen LogP contribution >= 0.6 is 0 Å². The number of nitrogens with two attached hydrogens (primary N) is 1. The van der Waals surface area contributed by atoms with E-state index in [4.69, 9.17) is 5.73 Å². The van der Waals surface area contributed by atoms with E-state index < -0.39 is 0 Å². The van der Waals surface area contributed by atoms with Crippen molar-refractivity contribution in [3.63, 3.8) is 0 Å². The summed E-state index contributed by atoms with van der Waals surface area (Å²) in [6.07, 6.45) is 1.42. The average molecular weight is 282 g/mol. The second kappa shape index (κ2) is 6.93. The predicted octanol–water partition coefficient (Wildman–Crippen LogP) is 4.10. The van der Waals surface area contributed by atoms with Crippen LogP contribution in [-0.4, -0.2) is 5.91 Å². The number of rotatable bonds is 5. The molecule has 110 valence electrons. The Balaban J connectivity index is 2.05. The highest BCUT2D eigenvalue weighted by Gasteiger charge is 2.14. The Bertz CT molecular complexity index is 608. The molecule has 2 rings (SSSR count). The van der Waals surface area contributed by atoms with Gasteiger partial charge in [-0.25, -0.2) is 0 Å². The summed E-state index contributed by atoms with van der Waals surface area (Å²) >= 11 is 0. The molecule has 0 bridgehead atoms. The second-order valence-corrected chi connectivity index (χ2v) is 5.34. The summed E-state index contributed by atoms with van der Waals surface area (Å²) in [4.78, 5) is 12.3. The van der Waals surface area contributed by atoms with Crippen molar-refractivity contribution in [3.05, 3.63) is 59.7 Å². The van der Waals surface area contributed by atoms with Crippen molar-refractivity contribution in [3.8, 4) is 0 Å². The number of anilines is 2. The number of hydrogen-bond donors (Lipinski definition) is 2. The van der Waals surface area contributed by atoms with Crippen molar-refractivity contribution in [2.75, 3.05) is 11.1 Å². The summed E-state index contributed by atoms with van der Waals surface area (Å²) in [5.41, 5.74) is 9.45. The van der Waals surface area contributed by atoms with Gasteiger partial charge >= 0.3 is 0 Å². The summed E-state index contributed by atoms with van der Waals surface area (Å²) < 4.78 is 0. The Morgan fingerprint density at radius 1 is 1.19 bits per heavy atom. The van der Waals surface area contributed by atoms with E-state index in [-0.39, 0.29) is 11.8 Å². The lowest BCUT2D eigenvalue weighted by atomic mass is 9.93. The molecule has 1 unspecified atom stereocenters. The van der Waals surface area contributed by atoms with E-state index >= 15 is 0 Å². The van der Waals surface area contributed by atoms with Crippen LogP contribution in [0, 0.1) is 6.92 Å². The summed E-state index contributed by atoms with van der Waals surface area (Å²) in [6, 6.07) is 15.7. The molecule has 0 saturated heterocycles. The molecule has 0 heterocycles. The van der Waals surface area contributed by atoms with Crippen molar-refractivity contribution in [2.45, 2.75) is 32.6 Å². The molecule has 2 aromatic carbocycles. The minimum atomic E-state index is 0.0272. The molecule has 3 nitrogen and oxygen atoms in total. The number of hydrogen-bond acceptors (Lipinski definition) is 2. The fourth-order valence-electron chi connectivity index (χ4n) is 2.42. The SMILES string of the molecule is CCC(CC(=O)Nc1cc(N)ccc1C)c1ccccc1. The number of carbonyl (C=O) groups is 1. The number of nitrogen functional groups attached to an aromatic ring is 1. The summed E-state index contributed by atoms with van der Waals surface area (Å²) in [5.74, 6) is 0.270. The number of nitrogens with one attached hydrogen (secondary N) is 1. The highest BCUT2D eigenvalue weighted by Crippen LogP contribution is 2.24. The monoisotopic (exact) mass is 282 g/mol. The Hall–Kier alpha value is -2.29. The molecule has 1 amide bonds. The van der Waals surface area contributed by atoms with E-state index in [9.17, 15) is 4.79 Å². The van der Waals surface area contributed by atoms with E-state index in [1.807, 2.05) is 37.3 Å². The van der Waals surface area contributed by atoms with Gasteiger partial charge in [0.1, 0.15) is 0 Å². The Morgan fingerprint density at radius 3 is 2.57 bits per heavy atom. The number of carbonyl (C=O) groups excluding carboxylic acids is 1. The van der Waals surface area contributed by atoms with Crippen LogP contribution in [0.25, 0.3) is 0 Å². The van der Waals surface area contributed by atoms with Crippen LogP contribution in [0.15, 0.2) is 48.5 Å². The molecule has 0 aliphatic rings. The lowest BCUT2D eigenvalue weighted by Gasteiger charge is -2.16. The molecule has 1 atom stereocenters. The van der Waals surface area contributed by atoms with Crippen LogP contribution in [0.5, 0.6) is 0 Å². The first-order valence-electron chi connectivity index (χ1n) is 7.31. The Morgan fingerprint density at radius 2 is 1.90 bits per heavy atom. The second-order valence-electron chi connectivity index (χ2n) is 5.34. The molecule has 0 aliphatic carbocycles. The van der Waals surface area contributed by atoms with Gasteiger partial charge in [-0.3, -0.25) is 4.79 Å². The predicted molar refractivity (Wildman–Crippen MR) is 88.3 cm³/mol. The topological polar surface area (TPSA) is 55.1 Å². The lowest BCUT2D eigenvalue weighted by Crippen LogP contribution is -2.16. The smallest absolute Gasteiger partial charge is 0.224 e. The molecule has 21 heavy (non-hydrogen) atoms. The molecule has 0 spiro atoms. The van der Waals surface area contributed by atoms with E-state index in [0.29, 0.717) is 12.1 Å². The molecule has 3 N–H and O–H groups in total. The molecular weight excluding hydrogens is 260 g/mol. The fraction of sp³-hybridized carbons (Fsp3) is 0.278. The number of amides is 1. The van der Waals surface area contributed by atoms with E-state index in [1.165, 1.54) is 5.56 Å². The third kappa shape index (κ3) is 4.09. The standard InChI is InChI=1S/C18H22N2O/c1-3-14(15-7-5-4-6-8-15)11-18(21)20-17-12-16(19)10-9-13(17)2/h4-10,12,14H,3,11,19H2,1-2H3,(H,20,21). The first-order chi connectivity index (χ1) is 10.1. The van der Waals surface area contributed by atoms with Crippen molar-refractivity contribution < 1.29 is 4.79 Å². The minimum absolute atomic E-state index is 0.0272. The average Bonchev–Trinajstić information content (AvgIpc) is 2.49. The van der Waals surface area contributed by atoms with Crippen LogP contribution in [0.4, 0.5) is 11.4 Å². The van der Waals surface area contributed by atoms with Gasteiger partial charge in [-0.2, -0.15) is 0 Å². The zero-order chi connectivity index (χ0) is 15.2. The first kappa shape index (κ1) is 15.1. The van der Waals surface area contributed by atoms with Gasteiger partial charge in [0.25, 0.3) is 0 Å². The highest BCUT2D eigenvalue weighted by atomic mass is 16.1. The molecule has 0 aliphatic heterocycles. The molecule has 0 saturated carbocycles. The van der Waals surface area contributed by atoms with E-state index in [2.05, 4.69) is 24.4 Å². The van der Waals surface area contributed by atoms with Gasteiger partial charge in [-0.05, 0) is 42.5 Å². The normalized spacial score (nSPS) is 11.9. The quantitative estimate of drug-likeness (QED) is 0.811. The summed E-state index contributed by atoms with van der Waals surface area (Å²) in [5, 5.41) is 2.97. The van der Waals surface area contributed by atoms with Crippen LogP contribution in [-0.2, 0) is 4.79 Å². The molecule has 0 fully saturated rings. The van der Waals surface area contributed by atoms with Gasteiger partial charge < -0.3 is 11.1 Å². The van der Waals surface area contributed by atoms with E-state index in [1.54, 1.807) is 6.07 Å². The van der Waals surface area contributed by atoms with Gasteiger partial charge in [-0.15, -0.1) is 0 Å². The van der Waals surface area contributed by atoms with Gasteiger partial charge in [0, 0.05) is 17.8 Å². The van der Waals surface area contributed by atoms with Crippen molar-refractivity contribution in [2.24, 2.45) is 0 Å². The van der Waals surface area contributed by atoms with Crippen molar-refractivity contribution >= 4 is 17.3 Å². The van der Waals surface area contributed by atoms with Gasteiger partial charge in [-0.1, -0.05) is 43.3 Å². The highest BCUT2D eigenvalue weighted by molar-refractivity contribution is 5.92. The molecule has 3 heteroatoms. The first-order valence-corrected chi connectivity index (χ1v) is 7.31. The van der Waals surface area contributed by atoms with E-state index in [0.717, 1.165) is 17.7 Å². The van der Waals surface area contributed by atoms with Crippen molar-refractivity contribution in [1.29, 1.82) is 0 Å². The van der Waals surface area contributed by atoms with Crippen molar-refractivity contribution in [1.82, 2.24) is 0 Å². The maximum absolute atomic E-state index is 12.3. The van der Waals surface area contributed by atoms with Crippen LogP contribution in [0.1, 0.15) is 36.8 Å². The Kier molecular flexibility index (Phi) is 4.99. The zero-order valence-corrected chi connectivity index (χ0v) is 12.6. The molecular formula is C18H22N2O. The zero-order valence-electron chi connectivity index (χ0n) is 12.6. The van der Waals surface area contributed by atoms with Crippen LogP contribution in [0.2, 0.25) is 0 Å². The maximum atomic E-state index is 12.3. The summed E-state index contributed by atoms with van der Waals surface area (Å²) in [7, 11) is 0. The molecule has 0 radical (unpaired) electrons. The number of benzene rings is 2. The third-order valence-corrected chi connectivity index (χ3v) is 3.73. The largest absolute Gasteiger partial charge is 0.399 e. The Labute approximate surface area is 126 Å². The molecule has 2 aromatic rings.